The highest BCUT2D eigenvalue weighted by atomic mass is 16.5. The number of likely N-dealkylation sites (tertiary alicyclic amines) is 1. The fraction of sp³-hybridized carbons (Fsp3) is 1.00. The molecule has 2 N–H and O–H groups in total. The van der Waals surface area contributed by atoms with E-state index in [2.05, 4.69) is 11.8 Å². The van der Waals surface area contributed by atoms with Crippen LogP contribution in [0.15, 0.2) is 0 Å². The van der Waals surface area contributed by atoms with Crippen molar-refractivity contribution < 1.29 is 4.74 Å². The Morgan fingerprint density at radius 3 is 2.75 bits per heavy atom. The highest BCUT2D eigenvalue weighted by Crippen LogP contribution is 2.23. The molecule has 0 amide bonds. The molecule has 0 aromatic carbocycles. The van der Waals surface area contributed by atoms with E-state index < -0.39 is 0 Å². The third-order valence-corrected chi connectivity index (χ3v) is 2.55. The van der Waals surface area contributed by atoms with Gasteiger partial charge in [-0.2, -0.15) is 0 Å². The third-order valence-electron chi connectivity index (χ3n) is 2.55. The lowest BCUT2D eigenvalue weighted by atomic mass is 10.1. The van der Waals surface area contributed by atoms with Gasteiger partial charge in [0.05, 0.1) is 5.60 Å². The quantitative estimate of drug-likeness (QED) is 0.671. The van der Waals surface area contributed by atoms with E-state index in [1.807, 2.05) is 6.92 Å². The summed E-state index contributed by atoms with van der Waals surface area (Å²) in [4.78, 5) is 2.37. The second kappa shape index (κ2) is 3.73. The van der Waals surface area contributed by atoms with Crippen LogP contribution < -0.4 is 5.73 Å². The van der Waals surface area contributed by atoms with Crippen molar-refractivity contribution in [3.63, 3.8) is 0 Å². The van der Waals surface area contributed by atoms with Crippen LogP contribution >= 0.6 is 0 Å². The smallest absolute Gasteiger partial charge is 0.0789 e. The van der Waals surface area contributed by atoms with Crippen molar-refractivity contribution in [2.24, 2.45) is 5.73 Å². The van der Waals surface area contributed by atoms with Crippen LogP contribution in [0.1, 0.15) is 20.3 Å². The van der Waals surface area contributed by atoms with Crippen molar-refractivity contribution in [1.82, 2.24) is 4.90 Å². The number of ether oxygens (including phenoxy) is 1. The lowest BCUT2D eigenvalue weighted by Crippen LogP contribution is -2.37. The van der Waals surface area contributed by atoms with E-state index >= 15 is 0 Å². The zero-order chi connectivity index (χ0) is 9.19. The van der Waals surface area contributed by atoms with Gasteiger partial charge in [0, 0.05) is 32.8 Å². The molecule has 2 unspecified atom stereocenters. The van der Waals surface area contributed by atoms with Crippen LogP contribution in [0.5, 0.6) is 0 Å². The first kappa shape index (κ1) is 9.96. The molecular formula is C9H20N2O. The maximum atomic E-state index is 5.72. The average Bonchev–Trinajstić information content (AvgIpc) is 2.32. The van der Waals surface area contributed by atoms with Crippen molar-refractivity contribution >= 4 is 0 Å². The molecule has 0 saturated carbocycles. The molecule has 0 bridgehead atoms. The monoisotopic (exact) mass is 172 g/mol. The number of hydrogen-bond donors (Lipinski definition) is 1. The second-order valence-corrected chi connectivity index (χ2v) is 4.12. The lowest BCUT2D eigenvalue weighted by molar-refractivity contribution is 0.0146. The molecule has 0 radical (unpaired) electrons. The Kier molecular flexibility index (Phi) is 3.09. The number of nitrogens with two attached hydrogens (primary N) is 1. The normalized spacial score (nSPS) is 34.0. The largest absolute Gasteiger partial charge is 0.377 e. The molecule has 2 atom stereocenters. The summed E-state index contributed by atoms with van der Waals surface area (Å²) in [6, 6.07) is 0.268. The van der Waals surface area contributed by atoms with Crippen molar-refractivity contribution in [3.05, 3.63) is 0 Å². The maximum absolute atomic E-state index is 5.72. The van der Waals surface area contributed by atoms with E-state index in [0.717, 1.165) is 26.1 Å². The standard InChI is InChI=1S/C9H20N2O/c1-8(10)6-11-5-4-9(2,7-11)12-3/h8H,4-7,10H2,1-3H3. The minimum absolute atomic E-state index is 0.0644. The number of rotatable bonds is 3. The van der Waals surface area contributed by atoms with Gasteiger partial charge in [0.1, 0.15) is 0 Å². The van der Waals surface area contributed by atoms with Crippen molar-refractivity contribution in [2.75, 3.05) is 26.7 Å². The molecule has 12 heavy (non-hydrogen) atoms. The van der Waals surface area contributed by atoms with Crippen LogP contribution in [-0.4, -0.2) is 43.3 Å². The molecule has 0 spiro atoms. The average molecular weight is 172 g/mol. The maximum Gasteiger partial charge on any atom is 0.0789 e. The summed E-state index contributed by atoms with van der Waals surface area (Å²) in [5.41, 5.74) is 5.78. The fourth-order valence-electron chi connectivity index (χ4n) is 1.76. The lowest BCUT2D eigenvalue weighted by Gasteiger charge is -2.23. The van der Waals surface area contributed by atoms with Gasteiger partial charge < -0.3 is 10.5 Å². The van der Waals surface area contributed by atoms with E-state index in [9.17, 15) is 0 Å². The minimum Gasteiger partial charge on any atom is -0.377 e. The van der Waals surface area contributed by atoms with E-state index in [0.29, 0.717) is 0 Å². The molecule has 1 aliphatic rings. The van der Waals surface area contributed by atoms with Gasteiger partial charge in [0.25, 0.3) is 0 Å². The first-order chi connectivity index (χ1) is 5.56. The van der Waals surface area contributed by atoms with Gasteiger partial charge in [-0.3, -0.25) is 4.90 Å². The summed E-state index contributed by atoms with van der Waals surface area (Å²) in [7, 11) is 1.79. The molecular weight excluding hydrogens is 152 g/mol. The van der Waals surface area contributed by atoms with Crippen LogP contribution in [-0.2, 0) is 4.74 Å². The predicted molar refractivity (Wildman–Crippen MR) is 50.1 cm³/mol. The van der Waals surface area contributed by atoms with Crippen LogP contribution in [0.25, 0.3) is 0 Å². The molecule has 3 heteroatoms. The fourth-order valence-corrected chi connectivity index (χ4v) is 1.76. The van der Waals surface area contributed by atoms with Gasteiger partial charge in [-0.15, -0.1) is 0 Å². The Morgan fingerprint density at radius 1 is 1.67 bits per heavy atom. The molecule has 72 valence electrons. The number of nitrogens with zero attached hydrogens (tertiary/aromatic N) is 1. The zero-order valence-electron chi connectivity index (χ0n) is 8.34. The van der Waals surface area contributed by atoms with Gasteiger partial charge >= 0.3 is 0 Å². The Labute approximate surface area is 74.9 Å². The zero-order valence-corrected chi connectivity index (χ0v) is 8.34. The van der Waals surface area contributed by atoms with Crippen LogP contribution in [0.3, 0.4) is 0 Å². The first-order valence-corrected chi connectivity index (χ1v) is 4.59. The SMILES string of the molecule is COC1(C)CCN(CC(C)N)C1. The molecule has 3 nitrogen and oxygen atoms in total. The van der Waals surface area contributed by atoms with Gasteiger partial charge in [-0.25, -0.2) is 0 Å². The van der Waals surface area contributed by atoms with E-state index in [1.54, 1.807) is 7.11 Å². The van der Waals surface area contributed by atoms with Gasteiger partial charge in [0.15, 0.2) is 0 Å². The van der Waals surface area contributed by atoms with E-state index in [4.69, 9.17) is 10.5 Å². The highest BCUT2D eigenvalue weighted by molar-refractivity contribution is 4.88. The van der Waals surface area contributed by atoms with E-state index in [1.165, 1.54) is 0 Å². The minimum atomic E-state index is 0.0644. The molecule has 1 fully saturated rings. The third kappa shape index (κ3) is 2.44. The summed E-state index contributed by atoms with van der Waals surface area (Å²) < 4.78 is 5.43. The van der Waals surface area contributed by atoms with Crippen molar-refractivity contribution in [3.8, 4) is 0 Å². The summed E-state index contributed by atoms with van der Waals surface area (Å²) >= 11 is 0. The molecule has 0 aromatic rings. The van der Waals surface area contributed by atoms with E-state index in [-0.39, 0.29) is 11.6 Å². The molecule has 1 saturated heterocycles. The summed E-state index contributed by atoms with van der Waals surface area (Å²) in [5, 5.41) is 0. The molecule has 0 aromatic heterocycles. The van der Waals surface area contributed by atoms with Crippen LogP contribution in [0, 0.1) is 0 Å². The Bertz CT molecular complexity index is 149. The highest BCUT2D eigenvalue weighted by Gasteiger charge is 2.33. The van der Waals surface area contributed by atoms with Crippen molar-refractivity contribution in [2.45, 2.75) is 31.9 Å². The van der Waals surface area contributed by atoms with Crippen LogP contribution in [0.4, 0.5) is 0 Å². The number of hydrogen-bond acceptors (Lipinski definition) is 3. The summed E-state index contributed by atoms with van der Waals surface area (Å²) in [6.45, 7) is 7.33. The van der Waals surface area contributed by atoms with Gasteiger partial charge in [-0.1, -0.05) is 0 Å². The predicted octanol–water partition coefficient (Wildman–Crippen LogP) is 0.444. The topological polar surface area (TPSA) is 38.5 Å². The molecule has 1 rings (SSSR count). The number of methoxy groups -OCH3 is 1. The van der Waals surface area contributed by atoms with Crippen molar-refractivity contribution in [1.29, 1.82) is 0 Å². The van der Waals surface area contributed by atoms with Gasteiger partial charge in [-0.05, 0) is 20.3 Å². The Hall–Kier alpha value is -0.120. The molecule has 1 aliphatic heterocycles. The first-order valence-electron chi connectivity index (χ1n) is 4.59. The van der Waals surface area contributed by atoms with Gasteiger partial charge in [0.2, 0.25) is 0 Å². The Balaban J connectivity index is 2.35. The summed E-state index contributed by atoms with van der Waals surface area (Å²) in [6.07, 6.45) is 1.12. The Morgan fingerprint density at radius 2 is 2.33 bits per heavy atom. The summed E-state index contributed by atoms with van der Waals surface area (Å²) in [5.74, 6) is 0. The van der Waals surface area contributed by atoms with Crippen LogP contribution in [0.2, 0.25) is 0 Å². The molecule has 0 aliphatic carbocycles. The molecule has 1 heterocycles. The second-order valence-electron chi connectivity index (χ2n) is 4.12.